The molecule has 1 aromatic rings. The van der Waals surface area contributed by atoms with Crippen LogP contribution in [0.2, 0.25) is 0 Å². The molecule has 3 atom stereocenters. The van der Waals surface area contributed by atoms with Crippen LogP contribution in [0.25, 0.3) is 0 Å². The van der Waals surface area contributed by atoms with E-state index in [9.17, 15) is 9.00 Å². The normalized spacial score (nSPS) is 30.9. The van der Waals surface area contributed by atoms with E-state index in [-0.39, 0.29) is 17.3 Å². The van der Waals surface area contributed by atoms with Crippen LogP contribution in [0.4, 0.5) is 10.7 Å². The molecule has 1 unspecified atom stereocenters. The number of carbonyl (C=O) groups is 1. The van der Waals surface area contributed by atoms with Gasteiger partial charge in [-0.25, -0.2) is 4.79 Å². The number of fused-ring (bicyclic) bond motifs is 2. The predicted octanol–water partition coefficient (Wildman–Crippen LogP) is 0.720. The molecule has 1 N–H and O–H groups in total. The lowest BCUT2D eigenvalue weighted by molar-refractivity contribution is 0.209. The van der Waals surface area contributed by atoms with Crippen molar-refractivity contribution in [2.75, 3.05) is 17.6 Å². The number of amides is 2. The second-order valence-corrected chi connectivity index (χ2v) is 6.24. The molecule has 0 radical (unpaired) electrons. The topological polar surface area (TPSA) is 75.4 Å². The molecule has 2 saturated heterocycles. The Morgan fingerprint density at radius 2 is 2.53 bits per heavy atom. The molecule has 0 aliphatic carbocycles. The molecule has 7 heteroatoms. The van der Waals surface area contributed by atoms with Crippen LogP contribution in [-0.4, -0.2) is 43.9 Å². The summed E-state index contributed by atoms with van der Waals surface area (Å²) in [6, 6.07) is 1.60. The highest BCUT2D eigenvalue weighted by atomic mass is 32.2. The van der Waals surface area contributed by atoms with Gasteiger partial charge < -0.3 is 9.42 Å². The van der Waals surface area contributed by atoms with Crippen molar-refractivity contribution in [3.05, 3.63) is 11.8 Å². The number of hydrogen-bond donors (Lipinski definition) is 1. The van der Waals surface area contributed by atoms with Crippen molar-refractivity contribution >= 4 is 22.7 Å². The molecular weight excluding hydrogens is 242 g/mol. The first-order valence-electron chi connectivity index (χ1n) is 5.51. The number of nitrogens with zero attached hydrogens (tertiary/aromatic N) is 2. The fourth-order valence-electron chi connectivity index (χ4n) is 2.40. The van der Waals surface area contributed by atoms with Crippen LogP contribution in [0.1, 0.15) is 12.1 Å². The van der Waals surface area contributed by atoms with E-state index in [4.69, 9.17) is 4.52 Å². The maximum Gasteiger partial charge on any atom is 0.324 e. The smallest absolute Gasteiger partial charge is 0.324 e. The van der Waals surface area contributed by atoms with Crippen LogP contribution < -0.4 is 5.32 Å². The maximum absolute atomic E-state index is 11.9. The van der Waals surface area contributed by atoms with Gasteiger partial charge in [-0.1, -0.05) is 5.16 Å². The Bertz CT molecular complexity index is 487. The summed E-state index contributed by atoms with van der Waals surface area (Å²) in [5, 5.41) is 6.52. The first kappa shape index (κ1) is 10.8. The second kappa shape index (κ2) is 3.83. The van der Waals surface area contributed by atoms with Crippen molar-refractivity contribution in [1.82, 2.24) is 10.1 Å². The summed E-state index contributed by atoms with van der Waals surface area (Å²) in [5.41, 5.74) is 0.726. The van der Waals surface area contributed by atoms with Crippen LogP contribution >= 0.6 is 0 Å². The average molecular weight is 255 g/mol. The fourth-order valence-corrected chi connectivity index (χ4v) is 4.13. The van der Waals surface area contributed by atoms with Gasteiger partial charge in [-0.3, -0.25) is 9.53 Å². The summed E-state index contributed by atoms with van der Waals surface area (Å²) >= 11 is 0. The van der Waals surface area contributed by atoms with E-state index in [1.54, 1.807) is 17.9 Å². The molecule has 2 aliphatic heterocycles. The second-order valence-electron chi connectivity index (χ2n) is 4.47. The number of aromatic nitrogens is 1. The van der Waals surface area contributed by atoms with Crippen molar-refractivity contribution in [3.8, 4) is 0 Å². The third-order valence-corrected chi connectivity index (χ3v) is 5.02. The molecule has 2 amide bonds. The highest BCUT2D eigenvalue weighted by Gasteiger charge is 2.45. The molecular formula is C10H13N3O3S. The van der Waals surface area contributed by atoms with Gasteiger partial charge in [0.1, 0.15) is 0 Å². The molecule has 3 rings (SSSR count). The van der Waals surface area contributed by atoms with E-state index in [2.05, 4.69) is 10.5 Å². The first-order chi connectivity index (χ1) is 8.13. The summed E-state index contributed by atoms with van der Waals surface area (Å²) in [6.45, 7) is 2.37. The number of anilines is 1. The zero-order valence-corrected chi connectivity index (χ0v) is 10.2. The summed E-state index contributed by atoms with van der Waals surface area (Å²) in [7, 11) is -0.748. The Balaban J connectivity index is 1.66. The zero-order chi connectivity index (χ0) is 12.0. The minimum atomic E-state index is -0.748. The third kappa shape index (κ3) is 1.84. The number of rotatable bonds is 1. The van der Waals surface area contributed by atoms with Gasteiger partial charge >= 0.3 is 6.03 Å². The van der Waals surface area contributed by atoms with E-state index in [0.29, 0.717) is 18.2 Å². The lowest BCUT2D eigenvalue weighted by atomic mass is 10.2. The number of urea groups is 1. The Kier molecular flexibility index (Phi) is 2.43. The number of aryl methyl sites for hydroxylation is 1. The average Bonchev–Trinajstić information content (AvgIpc) is 2.93. The van der Waals surface area contributed by atoms with Gasteiger partial charge in [0.05, 0.1) is 10.9 Å². The van der Waals surface area contributed by atoms with Gasteiger partial charge in [-0.2, -0.15) is 0 Å². The lowest BCUT2D eigenvalue weighted by Crippen LogP contribution is -2.44. The number of nitrogens with one attached hydrogen (secondary N) is 1. The van der Waals surface area contributed by atoms with Crippen molar-refractivity contribution in [3.63, 3.8) is 0 Å². The maximum atomic E-state index is 11.9. The molecule has 0 aromatic carbocycles. The van der Waals surface area contributed by atoms with Gasteiger partial charge in [0.25, 0.3) is 0 Å². The van der Waals surface area contributed by atoms with Crippen molar-refractivity contribution in [2.24, 2.45) is 0 Å². The highest BCUT2D eigenvalue weighted by molar-refractivity contribution is 7.86. The molecule has 2 aliphatic rings. The number of hydrogen-bond acceptors (Lipinski definition) is 4. The first-order valence-corrected chi connectivity index (χ1v) is 6.90. The standard InChI is InChI=1S/C10H13N3O3S/c1-6-2-9(16-12-6)11-10(14)13-4-8-3-7(13)5-17(8)15/h2,7-8H,3-5H2,1H3,(H,11,14)/t7-,8-,17?/m0/s1. The molecule has 1 aromatic heterocycles. The van der Waals surface area contributed by atoms with Gasteiger partial charge in [0.15, 0.2) is 0 Å². The van der Waals surface area contributed by atoms with Crippen LogP contribution in [0.3, 0.4) is 0 Å². The van der Waals surface area contributed by atoms with Crippen LogP contribution in [0.15, 0.2) is 10.6 Å². The summed E-state index contributed by atoms with van der Waals surface area (Å²) in [6.07, 6.45) is 0.857. The van der Waals surface area contributed by atoms with Crippen LogP contribution in [0, 0.1) is 6.92 Å². The molecule has 92 valence electrons. The Morgan fingerprint density at radius 3 is 3.06 bits per heavy atom. The fraction of sp³-hybridized carbons (Fsp3) is 0.600. The van der Waals surface area contributed by atoms with Crippen molar-refractivity contribution in [1.29, 1.82) is 0 Å². The Labute approximate surface area is 101 Å². The minimum absolute atomic E-state index is 0.116. The molecule has 0 saturated carbocycles. The van der Waals surface area contributed by atoms with Crippen molar-refractivity contribution < 1.29 is 13.5 Å². The van der Waals surface area contributed by atoms with Gasteiger partial charge in [0.2, 0.25) is 5.88 Å². The molecule has 17 heavy (non-hydrogen) atoms. The number of carbonyl (C=O) groups excluding carboxylic acids is 1. The molecule has 3 heterocycles. The van der Waals surface area contributed by atoms with Crippen LogP contribution in [0.5, 0.6) is 0 Å². The van der Waals surface area contributed by atoms with Gasteiger partial charge in [-0.15, -0.1) is 0 Å². The Morgan fingerprint density at radius 1 is 1.71 bits per heavy atom. The van der Waals surface area contributed by atoms with Crippen LogP contribution in [-0.2, 0) is 10.8 Å². The van der Waals surface area contributed by atoms with E-state index in [1.807, 2.05) is 0 Å². The summed E-state index contributed by atoms with van der Waals surface area (Å²) < 4.78 is 16.4. The van der Waals surface area contributed by atoms with E-state index >= 15 is 0 Å². The quantitative estimate of drug-likeness (QED) is 0.802. The Hall–Kier alpha value is -1.37. The highest BCUT2D eigenvalue weighted by Crippen LogP contribution is 2.30. The molecule has 0 spiro atoms. The molecule has 6 nitrogen and oxygen atoms in total. The van der Waals surface area contributed by atoms with Gasteiger partial charge in [0, 0.05) is 35.2 Å². The largest absolute Gasteiger partial charge is 0.338 e. The minimum Gasteiger partial charge on any atom is -0.338 e. The SMILES string of the molecule is Cc1cc(NC(=O)N2C[C@@H]3C[C@H]2CS3=O)on1. The predicted molar refractivity (Wildman–Crippen MR) is 62.2 cm³/mol. The third-order valence-electron chi connectivity index (χ3n) is 3.22. The van der Waals surface area contributed by atoms with Crippen molar-refractivity contribution in [2.45, 2.75) is 24.6 Å². The van der Waals surface area contributed by atoms with E-state index in [1.165, 1.54) is 0 Å². The number of likely N-dealkylation sites (tertiary alicyclic amines) is 1. The molecule has 2 bridgehead atoms. The summed E-state index contributed by atoms with van der Waals surface area (Å²) in [4.78, 5) is 13.7. The lowest BCUT2D eigenvalue weighted by Gasteiger charge is -2.25. The van der Waals surface area contributed by atoms with E-state index in [0.717, 1.165) is 12.1 Å². The van der Waals surface area contributed by atoms with E-state index < -0.39 is 10.8 Å². The van der Waals surface area contributed by atoms with Gasteiger partial charge in [-0.05, 0) is 13.3 Å². The zero-order valence-electron chi connectivity index (χ0n) is 9.38. The molecule has 2 fully saturated rings. The monoisotopic (exact) mass is 255 g/mol. The summed E-state index contributed by atoms with van der Waals surface area (Å²) in [5.74, 6) is 0.962.